The van der Waals surface area contributed by atoms with E-state index in [2.05, 4.69) is 20.2 Å². The number of nitrogens with zero attached hydrogens (tertiary/aromatic N) is 4. The van der Waals surface area contributed by atoms with Gasteiger partial charge in [0.15, 0.2) is 0 Å². The van der Waals surface area contributed by atoms with Crippen LogP contribution in [0.2, 0.25) is 0 Å². The maximum Gasteiger partial charge on any atom is 0.291 e. The van der Waals surface area contributed by atoms with E-state index >= 15 is 0 Å². The van der Waals surface area contributed by atoms with Crippen molar-refractivity contribution in [2.45, 2.75) is 58.0 Å². The Kier molecular flexibility index (Phi) is 5.32. The molecule has 3 aliphatic rings. The molecule has 0 aromatic carbocycles. The Morgan fingerprint density at radius 3 is 2.48 bits per heavy atom. The Bertz CT molecular complexity index is 696. The van der Waals surface area contributed by atoms with E-state index in [0.717, 1.165) is 75.0 Å². The fourth-order valence-electron chi connectivity index (χ4n) is 4.08. The summed E-state index contributed by atoms with van der Waals surface area (Å²) in [6.45, 7) is 8.37. The first-order chi connectivity index (χ1) is 13.0. The molecule has 1 aromatic heterocycles. The van der Waals surface area contributed by atoms with Crippen LogP contribution >= 0.6 is 0 Å². The lowest BCUT2D eigenvalue weighted by molar-refractivity contribution is 0.0692. The molecule has 0 radical (unpaired) electrons. The van der Waals surface area contributed by atoms with Gasteiger partial charge in [0.1, 0.15) is 5.82 Å². The van der Waals surface area contributed by atoms with Crippen molar-refractivity contribution in [3.63, 3.8) is 0 Å². The summed E-state index contributed by atoms with van der Waals surface area (Å²) in [4.78, 5) is 26.3. The molecule has 27 heavy (non-hydrogen) atoms. The third kappa shape index (κ3) is 4.24. The van der Waals surface area contributed by atoms with E-state index in [9.17, 15) is 4.79 Å². The molecule has 1 atom stereocenters. The first-order valence-corrected chi connectivity index (χ1v) is 10.4. The first-order valence-electron chi connectivity index (χ1n) is 10.4. The maximum atomic E-state index is 13.0. The van der Waals surface area contributed by atoms with Crippen LogP contribution in [0.3, 0.4) is 0 Å². The predicted octanol–water partition coefficient (Wildman–Crippen LogP) is 1.24. The molecule has 4 rings (SSSR count). The monoisotopic (exact) mass is 372 g/mol. The van der Waals surface area contributed by atoms with Gasteiger partial charge in [0, 0.05) is 49.5 Å². The van der Waals surface area contributed by atoms with Gasteiger partial charge in [-0.25, -0.2) is 9.97 Å². The second-order valence-corrected chi connectivity index (χ2v) is 8.49. The topological polar surface area (TPSA) is 87.4 Å². The van der Waals surface area contributed by atoms with Crippen LogP contribution in [0.15, 0.2) is 0 Å². The molecule has 7 nitrogen and oxygen atoms in total. The highest BCUT2D eigenvalue weighted by Crippen LogP contribution is 2.28. The van der Waals surface area contributed by atoms with Crippen molar-refractivity contribution in [3.05, 3.63) is 17.1 Å². The fraction of sp³-hybridized carbons (Fsp3) is 0.750. The van der Waals surface area contributed by atoms with Crippen LogP contribution < -0.4 is 16.0 Å². The zero-order valence-electron chi connectivity index (χ0n) is 16.6. The van der Waals surface area contributed by atoms with Crippen LogP contribution in [0.4, 0.5) is 5.82 Å². The number of hydrogen-bond acceptors (Lipinski definition) is 6. The van der Waals surface area contributed by atoms with Crippen molar-refractivity contribution in [2.24, 2.45) is 11.7 Å². The summed E-state index contributed by atoms with van der Waals surface area (Å²) < 4.78 is 0. The molecule has 0 spiro atoms. The number of amides is 1. The Morgan fingerprint density at radius 1 is 1.11 bits per heavy atom. The SMILES string of the molecule is Cc1nc(C(=O)N2CCC(NCC3CC3)CC2)nc(N2CC[C@@H](N)C2)c1C. The van der Waals surface area contributed by atoms with Crippen molar-refractivity contribution in [2.75, 3.05) is 37.6 Å². The lowest BCUT2D eigenvalue weighted by atomic mass is 10.0. The van der Waals surface area contributed by atoms with Gasteiger partial charge in [-0.2, -0.15) is 0 Å². The Hall–Kier alpha value is -1.73. The zero-order chi connectivity index (χ0) is 19.0. The summed E-state index contributed by atoms with van der Waals surface area (Å²) >= 11 is 0. The number of carbonyl (C=O) groups is 1. The molecule has 3 N–H and O–H groups in total. The largest absolute Gasteiger partial charge is 0.355 e. The molecular weight excluding hydrogens is 340 g/mol. The summed E-state index contributed by atoms with van der Waals surface area (Å²) in [6.07, 6.45) is 5.73. The highest BCUT2D eigenvalue weighted by atomic mass is 16.2. The molecule has 0 unspecified atom stereocenters. The summed E-state index contributed by atoms with van der Waals surface area (Å²) in [5.74, 6) is 2.06. The van der Waals surface area contributed by atoms with Crippen LogP contribution in [0.25, 0.3) is 0 Å². The highest BCUT2D eigenvalue weighted by Gasteiger charge is 2.29. The number of aryl methyl sites for hydroxylation is 1. The van der Waals surface area contributed by atoms with Crippen molar-refractivity contribution in [1.29, 1.82) is 0 Å². The van der Waals surface area contributed by atoms with Gasteiger partial charge in [-0.1, -0.05) is 0 Å². The lowest BCUT2D eigenvalue weighted by Crippen LogP contribution is -2.45. The van der Waals surface area contributed by atoms with E-state index in [1.807, 2.05) is 18.7 Å². The van der Waals surface area contributed by atoms with Gasteiger partial charge in [-0.15, -0.1) is 0 Å². The minimum Gasteiger partial charge on any atom is -0.355 e. The van der Waals surface area contributed by atoms with Crippen LogP contribution in [-0.4, -0.2) is 65.6 Å². The molecule has 148 valence electrons. The third-order valence-corrected chi connectivity index (χ3v) is 6.25. The molecule has 3 fully saturated rings. The number of aromatic nitrogens is 2. The number of piperidine rings is 1. The molecule has 7 heteroatoms. The number of nitrogens with one attached hydrogen (secondary N) is 1. The van der Waals surface area contributed by atoms with Gasteiger partial charge in [-0.05, 0) is 58.4 Å². The third-order valence-electron chi connectivity index (χ3n) is 6.25. The molecule has 0 bridgehead atoms. The van der Waals surface area contributed by atoms with Crippen LogP contribution in [0.5, 0.6) is 0 Å². The number of nitrogens with two attached hydrogens (primary N) is 1. The van der Waals surface area contributed by atoms with Gasteiger partial charge in [0.05, 0.1) is 0 Å². The normalized spacial score (nSPS) is 23.9. The number of anilines is 1. The smallest absolute Gasteiger partial charge is 0.291 e. The van der Waals surface area contributed by atoms with Gasteiger partial charge >= 0.3 is 0 Å². The van der Waals surface area contributed by atoms with Gasteiger partial charge in [-0.3, -0.25) is 4.79 Å². The predicted molar refractivity (Wildman–Crippen MR) is 106 cm³/mol. The molecule has 1 aliphatic carbocycles. The number of rotatable bonds is 5. The zero-order valence-corrected chi connectivity index (χ0v) is 16.6. The van der Waals surface area contributed by atoms with Crippen LogP contribution in [-0.2, 0) is 0 Å². The molecule has 1 aromatic rings. The van der Waals surface area contributed by atoms with Crippen molar-refractivity contribution in [1.82, 2.24) is 20.2 Å². The van der Waals surface area contributed by atoms with Crippen molar-refractivity contribution in [3.8, 4) is 0 Å². The Labute approximate surface area is 161 Å². The van der Waals surface area contributed by atoms with E-state index in [1.54, 1.807) is 0 Å². The number of hydrogen-bond donors (Lipinski definition) is 2. The summed E-state index contributed by atoms with van der Waals surface area (Å²) in [5.41, 5.74) is 7.98. The van der Waals surface area contributed by atoms with E-state index < -0.39 is 0 Å². The van der Waals surface area contributed by atoms with E-state index in [4.69, 9.17) is 5.73 Å². The minimum absolute atomic E-state index is 0.0384. The van der Waals surface area contributed by atoms with Crippen LogP contribution in [0, 0.1) is 19.8 Å². The summed E-state index contributed by atoms with van der Waals surface area (Å²) in [7, 11) is 0. The minimum atomic E-state index is -0.0384. The summed E-state index contributed by atoms with van der Waals surface area (Å²) in [5, 5.41) is 3.66. The van der Waals surface area contributed by atoms with Gasteiger partial charge < -0.3 is 20.9 Å². The van der Waals surface area contributed by atoms with Gasteiger partial charge in [0.25, 0.3) is 5.91 Å². The molecular formula is C20H32N6O. The second-order valence-electron chi connectivity index (χ2n) is 8.49. The Morgan fingerprint density at radius 2 is 1.85 bits per heavy atom. The molecule has 1 saturated carbocycles. The van der Waals surface area contributed by atoms with E-state index in [-0.39, 0.29) is 11.9 Å². The van der Waals surface area contributed by atoms with Crippen molar-refractivity contribution >= 4 is 11.7 Å². The lowest BCUT2D eigenvalue weighted by Gasteiger charge is -2.32. The van der Waals surface area contributed by atoms with E-state index in [1.165, 1.54) is 12.8 Å². The highest BCUT2D eigenvalue weighted by molar-refractivity contribution is 5.91. The quantitative estimate of drug-likeness (QED) is 0.808. The average Bonchev–Trinajstić information content (AvgIpc) is 3.41. The first kappa shape index (κ1) is 18.6. The summed E-state index contributed by atoms with van der Waals surface area (Å²) in [6, 6.07) is 0.720. The van der Waals surface area contributed by atoms with E-state index in [0.29, 0.717) is 11.9 Å². The van der Waals surface area contributed by atoms with Crippen molar-refractivity contribution < 1.29 is 4.79 Å². The molecule has 2 saturated heterocycles. The molecule has 3 heterocycles. The molecule has 1 amide bonds. The number of likely N-dealkylation sites (tertiary alicyclic amines) is 1. The second kappa shape index (κ2) is 7.72. The standard InChI is InChI=1S/C20H32N6O/c1-13-14(2)23-18(24-19(13)26-8-5-16(21)12-26)20(27)25-9-6-17(7-10-25)22-11-15-3-4-15/h15-17,22H,3-12,21H2,1-2H3/t16-/m1/s1. The average molecular weight is 373 g/mol. The van der Waals surface area contributed by atoms with Crippen LogP contribution in [0.1, 0.15) is 54.0 Å². The number of carbonyl (C=O) groups excluding carboxylic acids is 1. The fourth-order valence-corrected chi connectivity index (χ4v) is 4.08. The van der Waals surface area contributed by atoms with Gasteiger partial charge in [0.2, 0.25) is 5.82 Å². The Balaban J connectivity index is 1.41. The molecule has 2 aliphatic heterocycles. The maximum absolute atomic E-state index is 13.0.